The molecular weight excluding hydrogens is 448 g/mol. The smallest absolute Gasteiger partial charge is 0.303 e. The number of carboxylic acids is 1. The quantitative estimate of drug-likeness (QED) is 0.414. The molecule has 4 rings (SSSR count). The van der Waals surface area contributed by atoms with Crippen molar-refractivity contribution in [1.29, 1.82) is 0 Å². The minimum Gasteiger partial charge on any atom is -0.482 e. The molecule has 1 unspecified atom stereocenters. The van der Waals surface area contributed by atoms with Crippen molar-refractivity contribution in [3.8, 4) is 5.75 Å². The van der Waals surface area contributed by atoms with Gasteiger partial charge in [0.1, 0.15) is 10.6 Å². The van der Waals surface area contributed by atoms with E-state index in [9.17, 15) is 24.3 Å². The number of benzene rings is 1. The predicted octanol–water partition coefficient (Wildman–Crippen LogP) is 2.52. The van der Waals surface area contributed by atoms with E-state index in [-0.39, 0.29) is 37.2 Å². The fourth-order valence-corrected chi connectivity index (χ4v) is 5.02. The number of thiophene rings is 1. The van der Waals surface area contributed by atoms with Gasteiger partial charge in [-0.25, -0.2) is 4.98 Å². The van der Waals surface area contributed by atoms with Crippen LogP contribution in [0.15, 0.2) is 23.0 Å². The van der Waals surface area contributed by atoms with Gasteiger partial charge < -0.3 is 25.5 Å². The summed E-state index contributed by atoms with van der Waals surface area (Å²) in [5.74, 6) is -1.63. The number of carboxylic acid groups (broad SMARTS) is 1. The molecule has 3 heterocycles. The highest BCUT2D eigenvalue weighted by Gasteiger charge is 2.24. The van der Waals surface area contributed by atoms with Crippen LogP contribution in [-0.2, 0) is 16.1 Å². The van der Waals surface area contributed by atoms with Crippen molar-refractivity contribution in [2.75, 3.05) is 11.9 Å². The first kappa shape index (κ1) is 22.5. The number of carbonyl (C=O) groups excluding carboxylic acids is 2. The van der Waals surface area contributed by atoms with Crippen LogP contribution in [0.5, 0.6) is 5.75 Å². The first-order valence-electron chi connectivity index (χ1n) is 10.4. The van der Waals surface area contributed by atoms with Gasteiger partial charge >= 0.3 is 5.97 Å². The molecular formula is C22H22N4O6S. The lowest BCUT2D eigenvalue weighted by Crippen LogP contribution is -2.28. The highest BCUT2D eigenvalue weighted by Crippen LogP contribution is 2.36. The molecule has 1 aliphatic rings. The predicted molar refractivity (Wildman–Crippen MR) is 122 cm³/mol. The van der Waals surface area contributed by atoms with Gasteiger partial charge in [-0.3, -0.25) is 19.2 Å². The number of H-pyrrole nitrogens is 1. The van der Waals surface area contributed by atoms with Crippen LogP contribution < -0.4 is 20.9 Å². The molecule has 10 nitrogen and oxygen atoms in total. The van der Waals surface area contributed by atoms with E-state index in [1.54, 1.807) is 18.2 Å². The van der Waals surface area contributed by atoms with Gasteiger partial charge in [0, 0.05) is 11.4 Å². The van der Waals surface area contributed by atoms with Crippen LogP contribution in [0.3, 0.4) is 0 Å². The largest absolute Gasteiger partial charge is 0.482 e. The first-order valence-corrected chi connectivity index (χ1v) is 11.2. The van der Waals surface area contributed by atoms with E-state index in [1.165, 1.54) is 11.3 Å². The van der Waals surface area contributed by atoms with Crippen molar-refractivity contribution in [1.82, 2.24) is 15.3 Å². The number of aryl methyl sites for hydroxylation is 1. The molecule has 0 bridgehead atoms. The van der Waals surface area contributed by atoms with E-state index in [2.05, 4.69) is 20.6 Å². The Hall–Kier alpha value is -3.73. The van der Waals surface area contributed by atoms with Gasteiger partial charge in [-0.05, 0) is 42.5 Å². The van der Waals surface area contributed by atoms with Gasteiger partial charge in [0.2, 0.25) is 5.82 Å². The van der Waals surface area contributed by atoms with E-state index in [0.717, 1.165) is 10.4 Å². The summed E-state index contributed by atoms with van der Waals surface area (Å²) in [7, 11) is 0. The van der Waals surface area contributed by atoms with Crippen molar-refractivity contribution in [3.63, 3.8) is 0 Å². The van der Waals surface area contributed by atoms with E-state index >= 15 is 0 Å². The molecule has 11 heteroatoms. The Morgan fingerprint density at radius 3 is 2.85 bits per heavy atom. The molecule has 2 amide bonds. The van der Waals surface area contributed by atoms with Crippen LogP contribution >= 0.6 is 11.3 Å². The number of ether oxygens (including phenoxy) is 1. The second-order valence-corrected chi connectivity index (χ2v) is 8.92. The summed E-state index contributed by atoms with van der Waals surface area (Å²) in [5, 5.41) is 15.0. The lowest BCUT2D eigenvalue weighted by molar-refractivity contribution is -0.137. The molecule has 2 aromatic heterocycles. The van der Waals surface area contributed by atoms with Gasteiger partial charge in [-0.1, -0.05) is 13.0 Å². The normalized spacial score (nSPS) is 13.7. The van der Waals surface area contributed by atoms with Crippen LogP contribution in [0.4, 0.5) is 5.69 Å². The summed E-state index contributed by atoms with van der Waals surface area (Å²) in [6, 6.07) is 5.17. The summed E-state index contributed by atoms with van der Waals surface area (Å²) in [5.41, 5.74) is 1.46. The number of rotatable bonds is 7. The molecule has 0 spiro atoms. The molecule has 172 valence electrons. The van der Waals surface area contributed by atoms with Gasteiger partial charge in [-0.15, -0.1) is 11.3 Å². The number of nitrogens with one attached hydrogen (secondary N) is 3. The minimum absolute atomic E-state index is 0.0379. The van der Waals surface area contributed by atoms with Gasteiger partial charge in [0.15, 0.2) is 6.61 Å². The zero-order valence-electron chi connectivity index (χ0n) is 18.0. The Bertz CT molecular complexity index is 1330. The fourth-order valence-electron chi connectivity index (χ4n) is 3.91. The number of carbonyl (C=O) groups is 3. The van der Waals surface area contributed by atoms with Crippen LogP contribution in [0, 0.1) is 6.92 Å². The van der Waals surface area contributed by atoms with Crippen LogP contribution in [0.25, 0.3) is 10.2 Å². The first-order chi connectivity index (χ1) is 15.8. The number of aromatic nitrogens is 2. The van der Waals surface area contributed by atoms with Crippen molar-refractivity contribution in [3.05, 3.63) is 50.4 Å². The summed E-state index contributed by atoms with van der Waals surface area (Å²) in [4.78, 5) is 56.3. The Balaban J connectivity index is 1.56. The zero-order chi connectivity index (χ0) is 23.7. The van der Waals surface area contributed by atoms with E-state index in [4.69, 9.17) is 4.74 Å². The molecule has 1 aromatic carbocycles. The summed E-state index contributed by atoms with van der Waals surface area (Å²) in [6.07, 6.45) is 0.476. The Kier molecular flexibility index (Phi) is 6.14. The lowest BCUT2D eigenvalue weighted by Gasteiger charge is -2.18. The van der Waals surface area contributed by atoms with Crippen molar-refractivity contribution in [2.45, 2.75) is 39.2 Å². The second-order valence-electron chi connectivity index (χ2n) is 7.72. The zero-order valence-corrected chi connectivity index (χ0v) is 18.8. The van der Waals surface area contributed by atoms with Crippen molar-refractivity contribution < 1.29 is 24.2 Å². The molecule has 0 fully saturated rings. The van der Waals surface area contributed by atoms with Gasteiger partial charge in [0.25, 0.3) is 17.4 Å². The third kappa shape index (κ3) is 4.58. The maximum Gasteiger partial charge on any atom is 0.303 e. The van der Waals surface area contributed by atoms with Crippen LogP contribution in [0.2, 0.25) is 0 Å². The van der Waals surface area contributed by atoms with E-state index < -0.39 is 17.4 Å². The number of fused-ring (bicyclic) bond motifs is 2. The molecule has 0 saturated heterocycles. The molecule has 0 aliphatic carbocycles. The highest BCUT2D eigenvalue weighted by atomic mass is 32.1. The maximum atomic E-state index is 12.8. The molecule has 1 atom stereocenters. The summed E-state index contributed by atoms with van der Waals surface area (Å²) < 4.78 is 5.32. The summed E-state index contributed by atoms with van der Waals surface area (Å²) >= 11 is 1.27. The number of nitrogens with zero attached hydrogens (tertiary/aromatic N) is 1. The average Bonchev–Trinajstić information content (AvgIpc) is 3.11. The highest BCUT2D eigenvalue weighted by molar-refractivity contribution is 7.18. The molecule has 0 radical (unpaired) electrons. The number of anilines is 1. The fraction of sp³-hybridized carbons (Fsp3) is 0.318. The van der Waals surface area contributed by atoms with Crippen LogP contribution in [-0.4, -0.2) is 39.5 Å². The Labute approximate surface area is 192 Å². The van der Waals surface area contributed by atoms with Crippen LogP contribution in [0.1, 0.15) is 52.3 Å². The van der Waals surface area contributed by atoms with Crippen molar-refractivity contribution >= 4 is 45.0 Å². The Morgan fingerprint density at radius 1 is 1.33 bits per heavy atom. The molecule has 3 aromatic rings. The number of aromatic amines is 1. The standard InChI is InChI=1S/C22H22N4O6S/c1-3-12(7-16(28)29)17-10(2)33-22-18(17)20(30)25-19(26-22)21(31)23-8-11-4-5-14-13(6-11)24-15(27)9-32-14/h4-6,12H,3,7-9H2,1-2H3,(H,23,31)(H,24,27)(H,28,29)(H,25,26,30). The average molecular weight is 471 g/mol. The second kappa shape index (κ2) is 9.02. The number of hydrogen-bond donors (Lipinski definition) is 4. The number of hydrogen-bond acceptors (Lipinski definition) is 7. The van der Waals surface area contributed by atoms with Gasteiger partial charge in [-0.2, -0.15) is 0 Å². The van der Waals surface area contributed by atoms with Crippen molar-refractivity contribution in [2.24, 2.45) is 0 Å². The summed E-state index contributed by atoms with van der Waals surface area (Å²) in [6.45, 7) is 3.81. The molecule has 4 N–H and O–H groups in total. The SMILES string of the molecule is CCC(CC(=O)O)c1c(C)sc2nc(C(=O)NCc3ccc4c(c3)NC(=O)CO4)[nH]c(=O)c12. The number of amides is 2. The Morgan fingerprint density at radius 2 is 2.12 bits per heavy atom. The van der Waals surface area contributed by atoms with Gasteiger partial charge in [0.05, 0.1) is 17.5 Å². The number of aliphatic carboxylic acids is 1. The molecule has 0 saturated carbocycles. The third-order valence-corrected chi connectivity index (χ3v) is 6.47. The minimum atomic E-state index is -0.936. The lowest BCUT2D eigenvalue weighted by atomic mass is 9.92. The molecule has 33 heavy (non-hydrogen) atoms. The van der Waals surface area contributed by atoms with E-state index in [1.807, 2.05) is 13.8 Å². The third-order valence-electron chi connectivity index (χ3n) is 5.45. The maximum absolute atomic E-state index is 12.8. The van der Waals surface area contributed by atoms with E-state index in [0.29, 0.717) is 33.6 Å². The topological polar surface area (TPSA) is 150 Å². The molecule has 1 aliphatic heterocycles. The monoisotopic (exact) mass is 470 g/mol.